The highest BCUT2D eigenvalue weighted by molar-refractivity contribution is 9.11. The third-order valence-electron chi connectivity index (χ3n) is 2.22. The van der Waals surface area contributed by atoms with Crippen LogP contribution in [0, 0.1) is 0 Å². The number of hydrogen-bond donors (Lipinski definition) is 3. The molecular formula is C11H16Br2N2O2. The molecule has 1 rings (SSSR count). The Balaban J connectivity index is 2.86. The van der Waals surface area contributed by atoms with Gasteiger partial charge in [0.05, 0.1) is 21.7 Å². The lowest BCUT2D eigenvalue weighted by Crippen LogP contribution is -2.12. The normalized spacial score (nSPS) is 12.5. The van der Waals surface area contributed by atoms with E-state index in [0.29, 0.717) is 18.9 Å². The molecule has 0 radical (unpaired) electrons. The van der Waals surface area contributed by atoms with Crippen LogP contribution in [0.1, 0.15) is 18.1 Å². The first-order valence-electron chi connectivity index (χ1n) is 5.30. The fraction of sp³-hybridized carbons (Fsp3) is 0.455. The Bertz CT molecular complexity index is 351. The number of aliphatic hydroxyl groups excluding tert-OH is 1. The summed E-state index contributed by atoms with van der Waals surface area (Å²) >= 11 is 6.82. The maximum atomic E-state index is 9.66. The molecule has 0 aromatic heterocycles. The van der Waals surface area contributed by atoms with Crippen molar-refractivity contribution in [2.75, 3.05) is 19.7 Å². The molecule has 17 heavy (non-hydrogen) atoms. The topological polar surface area (TPSA) is 81.5 Å². The Morgan fingerprint density at radius 2 is 1.82 bits per heavy atom. The second-order valence-corrected chi connectivity index (χ2v) is 5.26. The zero-order chi connectivity index (χ0) is 12.8. The van der Waals surface area contributed by atoms with Crippen molar-refractivity contribution in [1.29, 1.82) is 0 Å². The van der Waals surface area contributed by atoms with E-state index in [1.54, 1.807) is 12.1 Å². The van der Waals surface area contributed by atoms with Crippen LogP contribution in [0.2, 0.25) is 0 Å². The zero-order valence-electron chi connectivity index (χ0n) is 9.33. The van der Waals surface area contributed by atoms with Crippen LogP contribution in [0.3, 0.4) is 0 Å². The molecule has 1 unspecified atom stereocenters. The van der Waals surface area contributed by atoms with Gasteiger partial charge in [-0.05, 0) is 62.5 Å². The van der Waals surface area contributed by atoms with Crippen molar-refractivity contribution in [2.24, 2.45) is 11.5 Å². The van der Waals surface area contributed by atoms with E-state index >= 15 is 0 Å². The second kappa shape index (κ2) is 7.33. The summed E-state index contributed by atoms with van der Waals surface area (Å²) in [6, 6.07) is 3.61. The predicted octanol–water partition coefficient (Wildman–Crippen LogP) is 1.93. The Hall–Kier alpha value is -0.140. The van der Waals surface area contributed by atoms with Crippen molar-refractivity contribution in [1.82, 2.24) is 0 Å². The number of nitrogens with two attached hydrogens (primary N) is 2. The van der Waals surface area contributed by atoms with Gasteiger partial charge >= 0.3 is 0 Å². The lowest BCUT2D eigenvalue weighted by molar-refractivity contribution is 0.186. The molecule has 0 heterocycles. The van der Waals surface area contributed by atoms with Crippen molar-refractivity contribution < 1.29 is 9.84 Å². The van der Waals surface area contributed by atoms with E-state index in [9.17, 15) is 5.11 Å². The van der Waals surface area contributed by atoms with Crippen LogP contribution in [0.5, 0.6) is 5.75 Å². The maximum absolute atomic E-state index is 9.66. The van der Waals surface area contributed by atoms with E-state index in [4.69, 9.17) is 16.2 Å². The molecule has 0 aliphatic carbocycles. The second-order valence-electron chi connectivity index (χ2n) is 3.56. The van der Waals surface area contributed by atoms with Crippen LogP contribution in [0.4, 0.5) is 0 Å². The summed E-state index contributed by atoms with van der Waals surface area (Å²) in [7, 11) is 0. The molecule has 0 aliphatic rings. The highest BCUT2D eigenvalue weighted by atomic mass is 79.9. The minimum atomic E-state index is -0.666. The number of aliphatic hydroxyl groups is 1. The van der Waals surface area contributed by atoms with Gasteiger partial charge < -0.3 is 21.3 Å². The fourth-order valence-electron chi connectivity index (χ4n) is 1.30. The van der Waals surface area contributed by atoms with Gasteiger partial charge in [-0.1, -0.05) is 0 Å². The predicted molar refractivity (Wildman–Crippen MR) is 75.0 cm³/mol. The van der Waals surface area contributed by atoms with Gasteiger partial charge in [0.1, 0.15) is 5.75 Å². The Morgan fingerprint density at radius 3 is 2.29 bits per heavy atom. The van der Waals surface area contributed by atoms with Gasteiger partial charge in [-0.15, -0.1) is 0 Å². The van der Waals surface area contributed by atoms with Crippen LogP contribution in [0.25, 0.3) is 0 Å². The summed E-state index contributed by atoms with van der Waals surface area (Å²) in [6.07, 6.45) is 0.132. The van der Waals surface area contributed by atoms with E-state index < -0.39 is 6.10 Å². The Kier molecular flexibility index (Phi) is 6.43. The van der Waals surface area contributed by atoms with Crippen LogP contribution in [0.15, 0.2) is 21.1 Å². The van der Waals surface area contributed by atoms with Gasteiger partial charge in [-0.2, -0.15) is 0 Å². The molecule has 0 spiro atoms. The largest absolute Gasteiger partial charge is 0.491 e. The number of halogens is 2. The fourth-order valence-corrected chi connectivity index (χ4v) is 2.75. The van der Waals surface area contributed by atoms with Gasteiger partial charge in [-0.25, -0.2) is 0 Å². The summed E-state index contributed by atoms with van der Waals surface area (Å²) in [5, 5.41) is 9.66. The number of rotatable bonds is 6. The molecule has 5 N–H and O–H groups in total. The minimum absolute atomic E-state index is 0.187. The van der Waals surface area contributed by atoms with Gasteiger partial charge in [0.15, 0.2) is 0 Å². The summed E-state index contributed by atoms with van der Waals surface area (Å²) in [4.78, 5) is 0. The summed E-state index contributed by atoms with van der Waals surface area (Å²) < 4.78 is 7.16. The minimum Gasteiger partial charge on any atom is -0.491 e. The molecule has 0 saturated heterocycles. The molecule has 0 amide bonds. The average Bonchev–Trinajstić information content (AvgIpc) is 2.31. The molecule has 0 saturated carbocycles. The molecule has 4 nitrogen and oxygen atoms in total. The molecule has 0 fully saturated rings. The van der Waals surface area contributed by atoms with Gasteiger partial charge in [-0.3, -0.25) is 0 Å². The van der Waals surface area contributed by atoms with Crippen LogP contribution < -0.4 is 16.2 Å². The molecule has 96 valence electrons. The molecule has 0 bridgehead atoms. The quantitative estimate of drug-likeness (QED) is 0.671. The standard InChI is InChI=1S/C11H16Br2N2O2/c12-8-4-7(10(16)6-15)5-9(13)11(8)17-3-1-2-14/h4-5,10,16H,1-3,6,14-15H2. The van der Waals surface area contributed by atoms with Gasteiger partial charge in [0, 0.05) is 6.54 Å². The lowest BCUT2D eigenvalue weighted by Gasteiger charge is -2.14. The van der Waals surface area contributed by atoms with Crippen molar-refractivity contribution in [3.63, 3.8) is 0 Å². The van der Waals surface area contributed by atoms with Crippen molar-refractivity contribution in [3.8, 4) is 5.75 Å². The average molecular weight is 368 g/mol. The maximum Gasteiger partial charge on any atom is 0.147 e. The van der Waals surface area contributed by atoms with Crippen molar-refractivity contribution >= 4 is 31.9 Å². The van der Waals surface area contributed by atoms with Crippen LogP contribution >= 0.6 is 31.9 Å². The molecule has 0 aliphatic heterocycles. The van der Waals surface area contributed by atoms with Crippen molar-refractivity contribution in [2.45, 2.75) is 12.5 Å². The molecule has 1 aromatic rings. The summed E-state index contributed by atoms with van der Waals surface area (Å²) in [5.41, 5.74) is 11.6. The zero-order valence-corrected chi connectivity index (χ0v) is 12.5. The smallest absolute Gasteiger partial charge is 0.147 e. The monoisotopic (exact) mass is 366 g/mol. The lowest BCUT2D eigenvalue weighted by atomic mass is 10.1. The van der Waals surface area contributed by atoms with Gasteiger partial charge in [0.25, 0.3) is 0 Å². The highest BCUT2D eigenvalue weighted by Gasteiger charge is 2.13. The molecule has 1 aromatic carbocycles. The van der Waals surface area contributed by atoms with E-state index in [-0.39, 0.29) is 6.54 Å². The molecule has 6 heteroatoms. The third-order valence-corrected chi connectivity index (χ3v) is 3.40. The van der Waals surface area contributed by atoms with E-state index in [1.807, 2.05) is 0 Å². The van der Waals surface area contributed by atoms with E-state index in [2.05, 4.69) is 31.9 Å². The van der Waals surface area contributed by atoms with Crippen LogP contribution in [-0.4, -0.2) is 24.8 Å². The Labute approximate surface area is 118 Å². The summed E-state index contributed by atoms with van der Waals surface area (Å²) in [5.74, 6) is 0.714. The first-order chi connectivity index (χ1) is 8.10. The SMILES string of the molecule is NCCCOc1c(Br)cc(C(O)CN)cc1Br. The third kappa shape index (κ3) is 4.22. The Morgan fingerprint density at radius 1 is 1.24 bits per heavy atom. The van der Waals surface area contributed by atoms with E-state index in [1.165, 1.54) is 0 Å². The van der Waals surface area contributed by atoms with Crippen LogP contribution in [-0.2, 0) is 0 Å². The van der Waals surface area contributed by atoms with E-state index in [0.717, 1.165) is 20.9 Å². The number of hydrogen-bond acceptors (Lipinski definition) is 4. The first-order valence-corrected chi connectivity index (χ1v) is 6.88. The highest BCUT2D eigenvalue weighted by Crippen LogP contribution is 2.36. The number of benzene rings is 1. The summed E-state index contributed by atoms with van der Waals surface area (Å²) in [6.45, 7) is 1.35. The first kappa shape index (κ1) is 14.9. The number of ether oxygens (including phenoxy) is 1. The van der Waals surface area contributed by atoms with Crippen molar-refractivity contribution in [3.05, 3.63) is 26.6 Å². The molecule has 1 atom stereocenters. The van der Waals surface area contributed by atoms with Gasteiger partial charge in [0.2, 0.25) is 0 Å². The molecular weight excluding hydrogens is 352 g/mol.